The van der Waals surface area contributed by atoms with Crippen LogP contribution in [0, 0.1) is 11.7 Å². The van der Waals surface area contributed by atoms with Crippen LogP contribution in [0.25, 0.3) is 0 Å². The number of aliphatic hydroxyl groups excluding tert-OH is 1. The van der Waals surface area contributed by atoms with Gasteiger partial charge in [0, 0.05) is 25.7 Å². The minimum atomic E-state index is -0.463. The quantitative estimate of drug-likeness (QED) is 0.700. The van der Waals surface area contributed by atoms with E-state index in [9.17, 15) is 14.3 Å². The molecule has 0 aromatic heterocycles. The Balaban J connectivity index is 1.29. The molecular formula is C25H37FN2O4. The molecule has 3 fully saturated rings. The molecule has 2 aliphatic heterocycles. The zero-order valence-electron chi connectivity index (χ0n) is 18.9. The number of halogens is 1. The number of fused-ring (bicyclic) bond motifs is 1. The molecule has 3 aliphatic rings. The van der Waals surface area contributed by atoms with Gasteiger partial charge in [0.2, 0.25) is 5.91 Å². The summed E-state index contributed by atoms with van der Waals surface area (Å²) in [6.45, 7) is 2.81. The Morgan fingerprint density at radius 3 is 2.66 bits per heavy atom. The van der Waals surface area contributed by atoms with Crippen LogP contribution >= 0.6 is 0 Å². The first-order valence-electron chi connectivity index (χ1n) is 12.2. The molecule has 7 heteroatoms. The second-order valence-corrected chi connectivity index (χ2v) is 9.70. The third-order valence-electron chi connectivity index (χ3n) is 7.12. The zero-order valence-corrected chi connectivity index (χ0v) is 18.9. The number of β-amino-alcohol motifs (C(OH)–C–C–N with tert-alkyl or cyclic N) is 1. The Bertz CT molecular complexity index is 725. The van der Waals surface area contributed by atoms with Crippen molar-refractivity contribution in [1.29, 1.82) is 0 Å². The van der Waals surface area contributed by atoms with Gasteiger partial charge in [-0.15, -0.1) is 0 Å². The van der Waals surface area contributed by atoms with Crippen molar-refractivity contribution in [1.82, 2.24) is 10.2 Å². The molecule has 1 aliphatic carbocycles. The molecule has 1 amide bonds. The molecule has 0 unspecified atom stereocenters. The van der Waals surface area contributed by atoms with Crippen LogP contribution in [0.1, 0.15) is 56.9 Å². The number of benzene rings is 1. The number of rotatable bonds is 6. The van der Waals surface area contributed by atoms with E-state index in [-0.39, 0.29) is 30.0 Å². The number of amides is 1. The van der Waals surface area contributed by atoms with Crippen molar-refractivity contribution in [3.8, 4) is 0 Å². The van der Waals surface area contributed by atoms with Crippen molar-refractivity contribution >= 4 is 5.91 Å². The largest absolute Gasteiger partial charge is 0.389 e. The number of carbonyl (C=O) groups is 1. The average molecular weight is 449 g/mol. The minimum absolute atomic E-state index is 0.0565. The molecule has 2 saturated heterocycles. The summed E-state index contributed by atoms with van der Waals surface area (Å²) in [5, 5.41) is 13.3. The number of ether oxygens (including phenoxy) is 2. The Morgan fingerprint density at radius 1 is 1.09 bits per heavy atom. The van der Waals surface area contributed by atoms with Crippen LogP contribution in [-0.4, -0.2) is 66.6 Å². The van der Waals surface area contributed by atoms with Gasteiger partial charge in [0.1, 0.15) is 5.82 Å². The monoisotopic (exact) mass is 448 g/mol. The van der Waals surface area contributed by atoms with E-state index in [1.54, 1.807) is 12.1 Å². The Kier molecular flexibility index (Phi) is 8.52. The summed E-state index contributed by atoms with van der Waals surface area (Å²) in [6.07, 6.45) is 7.93. The average Bonchev–Trinajstić information content (AvgIpc) is 2.78. The topological polar surface area (TPSA) is 71.0 Å². The molecule has 0 spiro atoms. The molecule has 0 radical (unpaired) electrons. The lowest BCUT2D eigenvalue weighted by Gasteiger charge is -2.45. The molecule has 178 valence electrons. The van der Waals surface area contributed by atoms with Crippen molar-refractivity contribution in [3.63, 3.8) is 0 Å². The molecule has 0 bridgehead atoms. The third-order valence-corrected chi connectivity index (χ3v) is 7.12. The molecule has 4 atom stereocenters. The highest BCUT2D eigenvalue weighted by Crippen LogP contribution is 2.31. The van der Waals surface area contributed by atoms with Crippen LogP contribution < -0.4 is 5.32 Å². The number of hydrogen-bond acceptors (Lipinski definition) is 5. The molecule has 32 heavy (non-hydrogen) atoms. The lowest BCUT2D eigenvalue weighted by molar-refractivity contribution is -0.158. The predicted octanol–water partition coefficient (Wildman–Crippen LogP) is 3.02. The molecular weight excluding hydrogens is 411 g/mol. The highest BCUT2D eigenvalue weighted by Gasteiger charge is 2.38. The molecule has 6 nitrogen and oxygen atoms in total. The summed E-state index contributed by atoms with van der Waals surface area (Å²) in [4.78, 5) is 14.9. The maximum absolute atomic E-state index is 13.0. The molecule has 4 rings (SSSR count). The Hall–Kier alpha value is -1.54. The number of nitrogens with one attached hydrogen (secondary N) is 1. The van der Waals surface area contributed by atoms with E-state index in [1.807, 2.05) is 0 Å². The van der Waals surface area contributed by atoms with Gasteiger partial charge in [-0.3, -0.25) is 9.69 Å². The minimum Gasteiger partial charge on any atom is -0.389 e. The van der Waals surface area contributed by atoms with Gasteiger partial charge in [-0.1, -0.05) is 31.4 Å². The van der Waals surface area contributed by atoms with Gasteiger partial charge in [-0.25, -0.2) is 4.39 Å². The zero-order chi connectivity index (χ0) is 22.3. The van der Waals surface area contributed by atoms with Gasteiger partial charge in [-0.05, 0) is 49.3 Å². The lowest BCUT2D eigenvalue weighted by atomic mass is 9.87. The fourth-order valence-corrected chi connectivity index (χ4v) is 5.44. The van der Waals surface area contributed by atoms with E-state index in [0.29, 0.717) is 38.6 Å². The van der Waals surface area contributed by atoms with E-state index in [1.165, 1.54) is 44.2 Å². The van der Waals surface area contributed by atoms with Gasteiger partial charge < -0.3 is 19.9 Å². The smallest absolute Gasteiger partial charge is 0.222 e. The standard InChI is InChI=1S/C25H37FN2O4/c26-20-8-6-18(7-9-20)13-27-25(30)12-22-10-11-23-24(32-22)17-31-16-21(29)15-28(23)14-19-4-2-1-3-5-19/h6-9,19,21-24,29H,1-5,10-17H2,(H,27,30)/t21-,22+,23-,24+/m0/s1. The van der Waals surface area contributed by atoms with Gasteiger partial charge in [0.05, 0.1) is 37.9 Å². The third kappa shape index (κ3) is 6.73. The second-order valence-electron chi connectivity index (χ2n) is 9.70. The van der Waals surface area contributed by atoms with E-state index in [0.717, 1.165) is 24.9 Å². The van der Waals surface area contributed by atoms with Crippen LogP contribution in [0.2, 0.25) is 0 Å². The first-order chi connectivity index (χ1) is 15.6. The van der Waals surface area contributed by atoms with Crippen LogP contribution in [0.3, 0.4) is 0 Å². The van der Waals surface area contributed by atoms with Gasteiger partial charge >= 0.3 is 0 Å². The maximum Gasteiger partial charge on any atom is 0.222 e. The Labute approximate surface area is 190 Å². The highest BCUT2D eigenvalue weighted by atomic mass is 19.1. The van der Waals surface area contributed by atoms with Crippen molar-refractivity contribution in [3.05, 3.63) is 35.6 Å². The van der Waals surface area contributed by atoms with E-state index >= 15 is 0 Å². The number of carbonyl (C=O) groups excluding carboxylic acids is 1. The summed E-state index contributed by atoms with van der Waals surface area (Å²) in [5.74, 6) is 0.364. The number of nitrogens with zero attached hydrogens (tertiary/aromatic N) is 1. The molecule has 1 saturated carbocycles. The fourth-order valence-electron chi connectivity index (χ4n) is 5.44. The first-order valence-corrected chi connectivity index (χ1v) is 12.2. The number of hydrogen-bond donors (Lipinski definition) is 2. The summed E-state index contributed by atoms with van der Waals surface area (Å²) < 4.78 is 25.1. The molecule has 1 aromatic rings. The summed E-state index contributed by atoms with van der Waals surface area (Å²) in [5.41, 5.74) is 0.870. The maximum atomic E-state index is 13.0. The van der Waals surface area contributed by atoms with Crippen LogP contribution in [-0.2, 0) is 20.8 Å². The summed E-state index contributed by atoms with van der Waals surface area (Å²) >= 11 is 0. The van der Waals surface area contributed by atoms with Gasteiger partial charge in [0.15, 0.2) is 0 Å². The second kappa shape index (κ2) is 11.5. The van der Waals surface area contributed by atoms with Crippen molar-refractivity contribution in [2.45, 2.75) is 82.3 Å². The van der Waals surface area contributed by atoms with Crippen LogP contribution in [0.15, 0.2) is 24.3 Å². The predicted molar refractivity (Wildman–Crippen MR) is 120 cm³/mol. The number of aliphatic hydroxyl groups is 1. The summed E-state index contributed by atoms with van der Waals surface area (Å²) in [6, 6.07) is 6.38. The first kappa shape index (κ1) is 23.6. The van der Waals surface area contributed by atoms with Crippen LogP contribution in [0.5, 0.6) is 0 Å². The highest BCUT2D eigenvalue weighted by molar-refractivity contribution is 5.76. The van der Waals surface area contributed by atoms with Crippen molar-refractivity contribution < 1.29 is 23.8 Å². The van der Waals surface area contributed by atoms with E-state index in [4.69, 9.17) is 9.47 Å². The molecule has 2 N–H and O–H groups in total. The van der Waals surface area contributed by atoms with Crippen LogP contribution in [0.4, 0.5) is 4.39 Å². The molecule has 2 heterocycles. The normalized spacial score (nSPS) is 30.2. The summed E-state index contributed by atoms with van der Waals surface area (Å²) in [7, 11) is 0. The van der Waals surface area contributed by atoms with Gasteiger partial charge in [0.25, 0.3) is 0 Å². The fraction of sp³-hybridized carbons (Fsp3) is 0.720. The van der Waals surface area contributed by atoms with Gasteiger partial charge in [-0.2, -0.15) is 0 Å². The molecule has 1 aromatic carbocycles. The SMILES string of the molecule is O=C(C[C@H]1CC[C@H]2[C@@H](COC[C@@H](O)CN2CC2CCCCC2)O1)NCc1ccc(F)cc1. The van der Waals surface area contributed by atoms with E-state index < -0.39 is 6.10 Å². The van der Waals surface area contributed by atoms with E-state index in [2.05, 4.69) is 10.2 Å². The van der Waals surface area contributed by atoms with Crippen molar-refractivity contribution in [2.75, 3.05) is 26.3 Å². The van der Waals surface area contributed by atoms with Crippen molar-refractivity contribution in [2.24, 2.45) is 5.92 Å². The lowest BCUT2D eigenvalue weighted by Crippen LogP contribution is -2.56. The Morgan fingerprint density at radius 2 is 1.88 bits per heavy atom.